The van der Waals surface area contributed by atoms with Crippen molar-refractivity contribution in [3.8, 4) is 0 Å². The Morgan fingerprint density at radius 1 is 0.947 bits per heavy atom. The van der Waals surface area contributed by atoms with Gasteiger partial charge in [0.05, 0.1) is 0 Å². The zero-order valence-electron chi connectivity index (χ0n) is 11.5. The first-order valence-corrected chi connectivity index (χ1v) is 9.99. The molecule has 0 bridgehead atoms. The molecule has 2 fully saturated rings. The summed E-state index contributed by atoms with van der Waals surface area (Å²) in [6.45, 7) is 1.35. The molecule has 1 aliphatic heterocycles. The normalized spacial score (nSPS) is 25.9. The van der Waals surface area contributed by atoms with Gasteiger partial charge in [-0.3, -0.25) is 0 Å². The third kappa shape index (κ3) is 4.16. The Morgan fingerprint density at radius 3 is 2.00 bits per heavy atom. The van der Waals surface area contributed by atoms with Crippen LogP contribution in [0.15, 0.2) is 0 Å². The molecule has 0 aromatic heterocycles. The molecule has 19 heavy (non-hydrogen) atoms. The Kier molecular flexibility index (Phi) is 5.69. The largest absolute Gasteiger partial charge is 0.279 e. The average Bonchev–Trinajstić information content (AvgIpc) is 2.69. The lowest BCUT2D eigenvalue weighted by atomic mass is 9.84. The number of nitrogens with zero attached hydrogens (tertiary/aromatic N) is 1. The zero-order valence-corrected chi connectivity index (χ0v) is 13.9. The van der Waals surface area contributed by atoms with Crippen LogP contribution in [0.2, 0.25) is 0 Å². The van der Waals surface area contributed by atoms with E-state index in [2.05, 4.69) is 20.7 Å². The molecule has 1 N–H and O–H groups in total. The van der Waals surface area contributed by atoms with Crippen molar-refractivity contribution in [2.75, 3.05) is 18.4 Å². The van der Waals surface area contributed by atoms with Crippen molar-refractivity contribution in [2.24, 2.45) is 0 Å². The highest BCUT2D eigenvalue weighted by Crippen LogP contribution is 2.31. The second-order valence-electron chi connectivity index (χ2n) is 5.89. The molecule has 2 rings (SSSR count). The molecule has 4 nitrogen and oxygen atoms in total. The Balaban J connectivity index is 2.05. The number of hydrogen-bond acceptors (Lipinski definition) is 2. The molecule has 2 aliphatic rings. The van der Waals surface area contributed by atoms with Gasteiger partial charge in [0.25, 0.3) is 10.2 Å². The molecule has 1 saturated carbocycles. The van der Waals surface area contributed by atoms with E-state index in [9.17, 15) is 8.42 Å². The molecule has 1 aliphatic carbocycles. The predicted molar refractivity (Wildman–Crippen MR) is 81.7 cm³/mol. The van der Waals surface area contributed by atoms with Gasteiger partial charge < -0.3 is 0 Å². The highest BCUT2D eigenvalue weighted by atomic mass is 79.9. The van der Waals surface area contributed by atoms with Crippen molar-refractivity contribution < 1.29 is 8.42 Å². The first-order valence-electron chi connectivity index (χ1n) is 7.43. The first kappa shape index (κ1) is 15.7. The number of nitrogens with one attached hydrogen (secondary N) is 1. The van der Waals surface area contributed by atoms with Crippen molar-refractivity contribution in [2.45, 2.75) is 63.3 Å². The molecule has 0 radical (unpaired) electrons. The molecule has 112 valence electrons. The molecule has 1 heterocycles. The van der Waals surface area contributed by atoms with Crippen molar-refractivity contribution in [1.29, 1.82) is 0 Å². The lowest BCUT2D eigenvalue weighted by Crippen LogP contribution is -2.55. The summed E-state index contributed by atoms with van der Waals surface area (Å²) in [7, 11) is -3.32. The zero-order chi connectivity index (χ0) is 13.8. The van der Waals surface area contributed by atoms with Crippen molar-refractivity contribution in [3.63, 3.8) is 0 Å². The van der Waals surface area contributed by atoms with E-state index in [1.54, 1.807) is 4.31 Å². The van der Waals surface area contributed by atoms with Gasteiger partial charge in [0.15, 0.2) is 0 Å². The fourth-order valence-electron chi connectivity index (χ4n) is 3.11. The molecule has 0 spiro atoms. The van der Waals surface area contributed by atoms with Crippen LogP contribution in [0.5, 0.6) is 0 Å². The second-order valence-corrected chi connectivity index (χ2v) is 8.13. The van der Waals surface area contributed by atoms with Crippen molar-refractivity contribution >= 4 is 26.1 Å². The predicted octanol–water partition coefficient (Wildman–Crippen LogP) is 2.79. The number of hydrogen-bond donors (Lipinski definition) is 1. The van der Waals surface area contributed by atoms with E-state index in [0.29, 0.717) is 18.4 Å². The van der Waals surface area contributed by atoms with E-state index in [0.717, 1.165) is 51.4 Å². The fraction of sp³-hybridized carbons (Fsp3) is 1.00. The molecule has 0 amide bonds. The van der Waals surface area contributed by atoms with Crippen LogP contribution in [0.4, 0.5) is 0 Å². The Labute approximate surface area is 125 Å². The molecule has 0 unspecified atom stereocenters. The van der Waals surface area contributed by atoms with Crippen LogP contribution in [0.3, 0.4) is 0 Å². The quantitative estimate of drug-likeness (QED) is 0.790. The lowest BCUT2D eigenvalue weighted by molar-refractivity contribution is 0.290. The summed E-state index contributed by atoms with van der Waals surface area (Å²) >= 11 is 3.51. The maximum atomic E-state index is 12.6. The third-order valence-corrected chi connectivity index (χ3v) is 7.13. The summed E-state index contributed by atoms with van der Waals surface area (Å²) in [4.78, 5) is 0. The van der Waals surface area contributed by atoms with Gasteiger partial charge in [-0.1, -0.05) is 48.0 Å². The van der Waals surface area contributed by atoms with Crippen LogP contribution in [0.1, 0.15) is 57.8 Å². The van der Waals surface area contributed by atoms with E-state index in [1.807, 2.05) is 0 Å². The van der Waals surface area contributed by atoms with E-state index < -0.39 is 10.2 Å². The summed E-state index contributed by atoms with van der Waals surface area (Å²) in [5.74, 6) is 0. The Morgan fingerprint density at radius 2 is 1.47 bits per heavy atom. The highest BCUT2D eigenvalue weighted by molar-refractivity contribution is 9.09. The summed E-state index contributed by atoms with van der Waals surface area (Å²) in [6, 6.07) is 0. The van der Waals surface area contributed by atoms with Gasteiger partial charge in [-0.25, -0.2) is 0 Å². The summed E-state index contributed by atoms with van der Waals surface area (Å²) in [5, 5.41) is 0.715. The maximum absolute atomic E-state index is 12.6. The Hall–Kier alpha value is 0.350. The standard InChI is InChI=1S/C13H25BrN2O2S/c14-12-13(8-4-3-5-9-13)15-19(17,18)16-10-6-1-2-7-11-16/h15H,1-12H2. The van der Waals surface area contributed by atoms with Gasteiger partial charge in [-0.15, -0.1) is 0 Å². The maximum Gasteiger partial charge on any atom is 0.279 e. The summed E-state index contributed by atoms with van der Waals surface area (Å²) in [6.07, 6.45) is 9.63. The lowest BCUT2D eigenvalue weighted by Gasteiger charge is -2.37. The average molecular weight is 353 g/mol. The van der Waals surface area contributed by atoms with Crippen LogP contribution in [-0.4, -0.2) is 36.7 Å². The van der Waals surface area contributed by atoms with Crippen LogP contribution in [0, 0.1) is 0 Å². The number of alkyl halides is 1. The van der Waals surface area contributed by atoms with Gasteiger partial charge in [0, 0.05) is 24.0 Å². The molecule has 0 aromatic rings. The van der Waals surface area contributed by atoms with Crippen LogP contribution in [0.25, 0.3) is 0 Å². The Bertz CT molecular complexity index is 372. The van der Waals surface area contributed by atoms with E-state index in [1.165, 1.54) is 6.42 Å². The minimum absolute atomic E-state index is 0.261. The van der Waals surface area contributed by atoms with Crippen LogP contribution >= 0.6 is 15.9 Å². The number of rotatable bonds is 4. The van der Waals surface area contributed by atoms with E-state index in [-0.39, 0.29) is 5.54 Å². The molecule has 6 heteroatoms. The molecule has 1 saturated heterocycles. The first-order chi connectivity index (χ1) is 9.08. The highest BCUT2D eigenvalue weighted by Gasteiger charge is 2.37. The third-order valence-electron chi connectivity index (χ3n) is 4.32. The minimum Gasteiger partial charge on any atom is -0.195 e. The molecular formula is C13H25BrN2O2S. The monoisotopic (exact) mass is 352 g/mol. The van der Waals surface area contributed by atoms with E-state index in [4.69, 9.17) is 0 Å². The topological polar surface area (TPSA) is 49.4 Å². The van der Waals surface area contributed by atoms with Gasteiger partial charge in [0.1, 0.15) is 0 Å². The van der Waals surface area contributed by atoms with Gasteiger partial charge in [-0.05, 0) is 25.7 Å². The van der Waals surface area contributed by atoms with Crippen molar-refractivity contribution in [3.05, 3.63) is 0 Å². The second kappa shape index (κ2) is 6.87. The molecular weight excluding hydrogens is 328 g/mol. The van der Waals surface area contributed by atoms with Gasteiger partial charge in [-0.2, -0.15) is 17.4 Å². The minimum atomic E-state index is -3.32. The molecule has 0 atom stereocenters. The summed E-state index contributed by atoms with van der Waals surface area (Å²) < 4.78 is 29.8. The number of halogens is 1. The van der Waals surface area contributed by atoms with E-state index >= 15 is 0 Å². The molecule has 0 aromatic carbocycles. The smallest absolute Gasteiger partial charge is 0.195 e. The van der Waals surface area contributed by atoms with Crippen LogP contribution < -0.4 is 4.72 Å². The SMILES string of the molecule is O=S(=O)(NC1(CBr)CCCCC1)N1CCCCCC1. The van der Waals surface area contributed by atoms with Gasteiger partial charge >= 0.3 is 0 Å². The summed E-state index contributed by atoms with van der Waals surface area (Å²) in [5.41, 5.74) is -0.261. The van der Waals surface area contributed by atoms with Crippen molar-refractivity contribution in [1.82, 2.24) is 9.03 Å². The van der Waals surface area contributed by atoms with Gasteiger partial charge in [0.2, 0.25) is 0 Å². The van der Waals surface area contributed by atoms with Crippen LogP contribution in [-0.2, 0) is 10.2 Å². The fourth-order valence-corrected chi connectivity index (χ4v) is 5.69.